The van der Waals surface area contributed by atoms with Crippen LogP contribution in [0.3, 0.4) is 0 Å². The Morgan fingerprint density at radius 2 is 1.87 bits per heavy atom. The van der Waals surface area contributed by atoms with E-state index in [1.807, 2.05) is 6.92 Å². The van der Waals surface area contributed by atoms with Gasteiger partial charge in [0, 0.05) is 31.8 Å². The summed E-state index contributed by atoms with van der Waals surface area (Å²) in [6.45, 7) is 11.0. The van der Waals surface area contributed by atoms with Gasteiger partial charge in [0.2, 0.25) is 11.8 Å². The lowest BCUT2D eigenvalue weighted by Gasteiger charge is -2.22. The number of aromatic nitrogens is 1. The Bertz CT molecular complexity index is 804. The van der Waals surface area contributed by atoms with Gasteiger partial charge in [-0.1, -0.05) is 47.1 Å². The summed E-state index contributed by atoms with van der Waals surface area (Å²) < 4.78 is 1.20. The van der Waals surface area contributed by atoms with Gasteiger partial charge in [0.15, 0.2) is 0 Å². The number of carbonyl (C=O) groups excluding carboxylic acids is 2. The minimum absolute atomic E-state index is 0.0615. The molecule has 0 spiro atoms. The third-order valence-electron chi connectivity index (χ3n) is 5.12. The van der Waals surface area contributed by atoms with E-state index >= 15 is 0 Å². The predicted molar refractivity (Wildman–Crippen MR) is 127 cm³/mol. The number of hydrogen-bond acceptors (Lipinski definition) is 5. The number of aryl methyl sites for hydroxylation is 1. The molecule has 0 saturated carbocycles. The van der Waals surface area contributed by atoms with Gasteiger partial charge in [-0.3, -0.25) is 9.59 Å². The lowest BCUT2D eigenvalue weighted by atomic mass is 9.99. The summed E-state index contributed by atoms with van der Waals surface area (Å²) in [5.74, 6) is 0.765. The molecule has 1 aromatic heterocycles. The van der Waals surface area contributed by atoms with Crippen LogP contribution in [0.25, 0.3) is 10.2 Å². The van der Waals surface area contributed by atoms with Crippen LogP contribution in [0.4, 0.5) is 0 Å². The fraction of sp³-hybridized carbons (Fsp3) is 0.609. The number of nitrogens with one attached hydrogen (secondary N) is 1. The lowest BCUT2D eigenvalue weighted by Crippen LogP contribution is -2.44. The van der Waals surface area contributed by atoms with Crippen LogP contribution in [0.1, 0.15) is 76.8 Å². The molecule has 1 aromatic carbocycles. The Hall–Kier alpha value is -1.99. The molecule has 168 valence electrons. The molecule has 0 fully saturated rings. The van der Waals surface area contributed by atoms with E-state index in [2.05, 4.69) is 56.2 Å². The molecule has 1 heterocycles. The zero-order chi connectivity index (χ0) is 22.7. The highest BCUT2D eigenvalue weighted by atomic mass is 32.1. The summed E-state index contributed by atoms with van der Waals surface area (Å²) in [5, 5.41) is 4.08. The maximum atomic E-state index is 12.2. The molecule has 2 unspecified atom stereocenters. The third-order valence-corrected chi connectivity index (χ3v) is 6.19. The molecule has 0 saturated heterocycles. The highest BCUT2D eigenvalue weighted by Gasteiger charge is 2.17. The Morgan fingerprint density at radius 3 is 2.37 bits per heavy atom. The normalized spacial score (nSPS) is 12.9. The summed E-state index contributed by atoms with van der Waals surface area (Å²) in [4.78, 5) is 26.6. The maximum Gasteiger partial charge on any atom is 0.220 e. The molecule has 0 aliphatic heterocycles. The standard InChI is InChI=1S/C19H29N3OS.C4H9NO/c1-5-13(4)16(11-20)21-18(23)8-9-19-22-15-7-6-14(12(2)3)10-17(15)24-19;1-2-3-4(5)6/h6-7,10,12-13,16H,5,8-9,11,20H2,1-4H3,(H,21,23);2-3H2,1H3,(H2,5,6). The Kier molecular flexibility index (Phi) is 11.6. The monoisotopic (exact) mass is 434 g/mol. The van der Waals surface area contributed by atoms with E-state index in [1.54, 1.807) is 11.3 Å². The molecular weight excluding hydrogens is 396 g/mol. The molecule has 0 aliphatic rings. The second-order valence-corrected chi connectivity index (χ2v) is 9.12. The van der Waals surface area contributed by atoms with Crippen molar-refractivity contribution in [3.8, 4) is 0 Å². The van der Waals surface area contributed by atoms with E-state index in [4.69, 9.17) is 11.5 Å². The van der Waals surface area contributed by atoms with Gasteiger partial charge in [0.25, 0.3) is 0 Å². The molecule has 2 rings (SSSR count). The predicted octanol–water partition coefficient (Wildman–Crippen LogP) is 4.11. The van der Waals surface area contributed by atoms with Crippen LogP contribution in [0, 0.1) is 5.92 Å². The fourth-order valence-electron chi connectivity index (χ4n) is 2.92. The van der Waals surface area contributed by atoms with Crippen molar-refractivity contribution in [1.29, 1.82) is 0 Å². The molecule has 0 radical (unpaired) electrons. The first kappa shape index (κ1) is 26.0. The number of carbonyl (C=O) groups is 2. The molecule has 6 nitrogen and oxygen atoms in total. The van der Waals surface area contributed by atoms with Crippen molar-refractivity contribution in [2.24, 2.45) is 17.4 Å². The van der Waals surface area contributed by atoms with E-state index in [-0.39, 0.29) is 17.9 Å². The van der Waals surface area contributed by atoms with Gasteiger partial charge in [0.1, 0.15) is 0 Å². The van der Waals surface area contributed by atoms with Gasteiger partial charge in [-0.15, -0.1) is 11.3 Å². The Balaban J connectivity index is 0.000000656. The Morgan fingerprint density at radius 1 is 1.17 bits per heavy atom. The van der Waals surface area contributed by atoms with Crippen LogP contribution in [0.5, 0.6) is 0 Å². The number of rotatable bonds is 10. The quantitative estimate of drug-likeness (QED) is 0.522. The maximum absolute atomic E-state index is 12.2. The van der Waals surface area contributed by atoms with Crippen molar-refractivity contribution in [3.63, 3.8) is 0 Å². The second-order valence-electron chi connectivity index (χ2n) is 8.00. The first-order chi connectivity index (χ1) is 14.2. The largest absolute Gasteiger partial charge is 0.370 e. The summed E-state index contributed by atoms with van der Waals surface area (Å²) in [5.41, 5.74) is 12.9. The van der Waals surface area contributed by atoms with Gasteiger partial charge < -0.3 is 16.8 Å². The van der Waals surface area contributed by atoms with Crippen LogP contribution in [0.15, 0.2) is 18.2 Å². The zero-order valence-electron chi connectivity index (χ0n) is 19.0. The highest BCUT2D eigenvalue weighted by Crippen LogP contribution is 2.27. The zero-order valence-corrected chi connectivity index (χ0v) is 19.8. The highest BCUT2D eigenvalue weighted by molar-refractivity contribution is 7.18. The first-order valence-electron chi connectivity index (χ1n) is 10.9. The molecule has 30 heavy (non-hydrogen) atoms. The molecule has 0 bridgehead atoms. The van der Waals surface area contributed by atoms with Gasteiger partial charge in [-0.25, -0.2) is 4.98 Å². The Labute approximate surface area is 184 Å². The number of hydrogen-bond donors (Lipinski definition) is 3. The molecule has 7 heteroatoms. The van der Waals surface area contributed by atoms with Crippen molar-refractivity contribution >= 4 is 33.4 Å². The van der Waals surface area contributed by atoms with E-state index in [0.29, 0.717) is 37.6 Å². The van der Waals surface area contributed by atoms with Gasteiger partial charge >= 0.3 is 0 Å². The van der Waals surface area contributed by atoms with Crippen LogP contribution >= 0.6 is 11.3 Å². The number of thiazole rings is 1. The molecule has 2 amide bonds. The summed E-state index contributed by atoms with van der Waals surface area (Å²) in [6.07, 6.45) is 3.53. The van der Waals surface area contributed by atoms with Crippen molar-refractivity contribution in [2.45, 2.75) is 78.7 Å². The van der Waals surface area contributed by atoms with Crippen molar-refractivity contribution in [3.05, 3.63) is 28.8 Å². The molecule has 0 aliphatic carbocycles. The van der Waals surface area contributed by atoms with E-state index < -0.39 is 0 Å². The molecule has 2 aromatic rings. The van der Waals surface area contributed by atoms with Gasteiger partial charge in [-0.2, -0.15) is 0 Å². The van der Waals surface area contributed by atoms with Gasteiger partial charge in [0.05, 0.1) is 15.2 Å². The second kappa shape index (κ2) is 13.3. The average molecular weight is 435 g/mol. The summed E-state index contributed by atoms with van der Waals surface area (Å²) in [7, 11) is 0. The number of amides is 2. The number of nitrogens with zero attached hydrogens (tertiary/aromatic N) is 1. The molecule has 2 atom stereocenters. The number of fused-ring (bicyclic) bond motifs is 1. The lowest BCUT2D eigenvalue weighted by molar-refractivity contribution is -0.122. The number of nitrogens with two attached hydrogens (primary N) is 2. The van der Waals surface area contributed by atoms with E-state index in [0.717, 1.165) is 23.4 Å². The molecule has 5 N–H and O–H groups in total. The van der Waals surface area contributed by atoms with Crippen molar-refractivity contribution in [1.82, 2.24) is 10.3 Å². The van der Waals surface area contributed by atoms with Crippen LogP contribution < -0.4 is 16.8 Å². The smallest absolute Gasteiger partial charge is 0.220 e. The van der Waals surface area contributed by atoms with Gasteiger partial charge in [-0.05, 0) is 36.0 Å². The first-order valence-corrected chi connectivity index (χ1v) is 11.7. The average Bonchev–Trinajstić information content (AvgIpc) is 3.12. The topological polar surface area (TPSA) is 111 Å². The third kappa shape index (κ3) is 8.79. The van der Waals surface area contributed by atoms with Crippen LogP contribution in [0.2, 0.25) is 0 Å². The van der Waals surface area contributed by atoms with Crippen molar-refractivity contribution in [2.75, 3.05) is 6.54 Å². The van der Waals surface area contributed by atoms with Crippen LogP contribution in [-0.2, 0) is 16.0 Å². The van der Waals surface area contributed by atoms with Crippen LogP contribution in [-0.4, -0.2) is 29.4 Å². The molecular formula is C23H38N4O2S. The summed E-state index contributed by atoms with van der Waals surface area (Å²) >= 11 is 1.69. The summed E-state index contributed by atoms with van der Waals surface area (Å²) in [6, 6.07) is 6.50. The number of primary amides is 1. The fourth-order valence-corrected chi connectivity index (χ4v) is 3.93. The minimum Gasteiger partial charge on any atom is -0.370 e. The van der Waals surface area contributed by atoms with E-state index in [1.165, 1.54) is 10.3 Å². The van der Waals surface area contributed by atoms with Crippen molar-refractivity contribution < 1.29 is 9.59 Å². The number of benzene rings is 1. The SMILES string of the molecule is CCC(C)C(CN)NC(=O)CCc1nc2ccc(C(C)C)cc2s1.CCCC(N)=O. The van der Waals surface area contributed by atoms with E-state index in [9.17, 15) is 9.59 Å². The minimum atomic E-state index is -0.211.